The minimum absolute atomic E-state index is 0.0159. The molecular formula is C19H23N3O9. The molecule has 12 nitrogen and oxygen atoms in total. The smallest absolute Gasteiger partial charge is 0.351 e. The molecule has 0 aliphatic carbocycles. The molecule has 0 bridgehead atoms. The standard InChI is InChI=1S/C19H23N3O9/c1-3-10(4-2)18(26)31-21-12-7-8-22(19(27)20-12)17-16-15(11(9-23)28-17)29-13(24)5-6-14(25)30-16/h5-8,10-11,15-17,23H,3-4,9H2,1-2H3,(H,20,21,27)/b6-5-/t11-,15?,16-,17-/m1/s1. The van der Waals surface area contributed by atoms with Crippen molar-refractivity contribution in [1.29, 1.82) is 0 Å². The van der Waals surface area contributed by atoms with E-state index >= 15 is 0 Å². The Balaban J connectivity index is 1.79. The summed E-state index contributed by atoms with van der Waals surface area (Å²) in [5.41, 5.74) is 1.53. The van der Waals surface area contributed by atoms with E-state index < -0.39 is 54.7 Å². The Morgan fingerprint density at radius 3 is 2.42 bits per heavy atom. The molecule has 1 aromatic heterocycles. The number of esters is 2. The zero-order chi connectivity index (χ0) is 22.5. The van der Waals surface area contributed by atoms with Gasteiger partial charge in [-0.05, 0) is 12.8 Å². The third kappa shape index (κ3) is 4.91. The number of aromatic nitrogens is 2. The Hall–Kier alpha value is -3.25. The summed E-state index contributed by atoms with van der Waals surface area (Å²) in [5.74, 6) is -2.40. The van der Waals surface area contributed by atoms with Crippen molar-refractivity contribution in [2.45, 2.75) is 51.2 Å². The summed E-state index contributed by atoms with van der Waals surface area (Å²) in [5, 5.41) is 9.57. The summed E-state index contributed by atoms with van der Waals surface area (Å²) in [4.78, 5) is 56.9. The molecule has 31 heavy (non-hydrogen) atoms. The van der Waals surface area contributed by atoms with Crippen molar-refractivity contribution in [2.24, 2.45) is 5.92 Å². The van der Waals surface area contributed by atoms with Crippen molar-refractivity contribution in [3.63, 3.8) is 0 Å². The molecule has 1 unspecified atom stereocenters. The van der Waals surface area contributed by atoms with E-state index in [1.165, 1.54) is 12.3 Å². The maximum absolute atomic E-state index is 12.6. The van der Waals surface area contributed by atoms with Crippen molar-refractivity contribution >= 4 is 23.7 Å². The van der Waals surface area contributed by atoms with E-state index in [0.717, 1.165) is 16.7 Å². The SMILES string of the molecule is CCC(CC)C(=O)ONc1ccn([C@@H]2O[C@H](CO)C3OC(=O)/C=C\C(=O)O[C@H]32)c(=O)n1. The van der Waals surface area contributed by atoms with Crippen LogP contribution in [0.3, 0.4) is 0 Å². The molecule has 0 spiro atoms. The van der Waals surface area contributed by atoms with Crippen LogP contribution in [-0.2, 0) is 33.4 Å². The van der Waals surface area contributed by atoms with Crippen LogP contribution in [0.2, 0.25) is 0 Å². The van der Waals surface area contributed by atoms with Gasteiger partial charge in [-0.2, -0.15) is 4.98 Å². The Morgan fingerprint density at radius 1 is 1.19 bits per heavy atom. The van der Waals surface area contributed by atoms with Gasteiger partial charge in [0, 0.05) is 24.4 Å². The average Bonchev–Trinajstić information content (AvgIpc) is 3.07. The van der Waals surface area contributed by atoms with Crippen LogP contribution in [0, 0.1) is 5.92 Å². The average molecular weight is 437 g/mol. The minimum atomic E-state index is -1.20. The number of nitrogens with zero attached hydrogens (tertiary/aromatic N) is 2. The monoisotopic (exact) mass is 437 g/mol. The van der Waals surface area contributed by atoms with Crippen LogP contribution in [0.15, 0.2) is 29.2 Å². The largest absolute Gasteiger partial charge is 0.452 e. The highest BCUT2D eigenvalue weighted by atomic mass is 16.7. The van der Waals surface area contributed by atoms with Crippen LogP contribution in [0.5, 0.6) is 0 Å². The zero-order valence-corrected chi connectivity index (χ0v) is 16.9. The first-order chi connectivity index (χ1) is 14.9. The van der Waals surface area contributed by atoms with Crippen molar-refractivity contribution in [2.75, 3.05) is 12.1 Å². The Kier molecular flexibility index (Phi) is 7.02. The molecule has 4 atom stereocenters. The molecule has 2 aliphatic heterocycles. The molecule has 2 aliphatic rings. The molecule has 1 aromatic rings. The van der Waals surface area contributed by atoms with Crippen molar-refractivity contribution in [3.05, 3.63) is 34.9 Å². The van der Waals surface area contributed by atoms with E-state index in [9.17, 15) is 24.3 Å². The second-order valence-corrected chi connectivity index (χ2v) is 6.92. The number of fused-ring (bicyclic) bond motifs is 1. The third-order valence-electron chi connectivity index (χ3n) is 5.00. The van der Waals surface area contributed by atoms with Gasteiger partial charge in [0.2, 0.25) is 0 Å². The number of rotatable bonds is 7. The van der Waals surface area contributed by atoms with Gasteiger partial charge in [0.1, 0.15) is 6.10 Å². The predicted molar refractivity (Wildman–Crippen MR) is 102 cm³/mol. The van der Waals surface area contributed by atoms with E-state index in [1.54, 1.807) is 0 Å². The van der Waals surface area contributed by atoms with Gasteiger partial charge < -0.3 is 24.2 Å². The van der Waals surface area contributed by atoms with Gasteiger partial charge in [-0.1, -0.05) is 13.8 Å². The lowest BCUT2D eigenvalue weighted by atomic mass is 10.0. The summed E-state index contributed by atoms with van der Waals surface area (Å²) < 4.78 is 17.1. The lowest BCUT2D eigenvalue weighted by molar-refractivity contribution is -0.164. The first-order valence-electron chi connectivity index (χ1n) is 9.79. The molecule has 12 heteroatoms. The molecule has 3 heterocycles. The molecule has 1 saturated heterocycles. The first-order valence-corrected chi connectivity index (χ1v) is 9.79. The van der Waals surface area contributed by atoms with Crippen LogP contribution in [0.1, 0.15) is 32.9 Å². The van der Waals surface area contributed by atoms with Crippen LogP contribution < -0.4 is 11.2 Å². The molecular weight excluding hydrogens is 414 g/mol. The van der Waals surface area contributed by atoms with Gasteiger partial charge in [-0.15, -0.1) is 0 Å². The van der Waals surface area contributed by atoms with E-state index in [1.807, 2.05) is 13.8 Å². The normalized spacial score (nSPS) is 26.3. The molecule has 3 rings (SSSR count). The number of ether oxygens (including phenoxy) is 3. The summed E-state index contributed by atoms with van der Waals surface area (Å²) in [6.45, 7) is 3.18. The summed E-state index contributed by atoms with van der Waals surface area (Å²) >= 11 is 0. The Bertz CT molecular complexity index is 924. The van der Waals surface area contributed by atoms with Crippen LogP contribution in [0.4, 0.5) is 5.82 Å². The van der Waals surface area contributed by atoms with Crippen LogP contribution in [0.25, 0.3) is 0 Å². The maximum atomic E-state index is 12.6. The van der Waals surface area contributed by atoms with Crippen LogP contribution >= 0.6 is 0 Å². The summed E-state index contributed by atoms with van der Waals surface area (Å²) in [6.07, 6.45) is -0.242. The number of carbonyl (C=O) groups excluding carboxylic acids is 3. The van der Waals surface area contributed by atoms with Crippen molar-refractivity contribution < 1.29 is 38.5 Å². The molecule has 0 amide bonds. The van der Waals surface area contributed by atoms with Gasteiger partial charge >= 0.3 is 23.6 Å². The van der Waals surface area contributed by atoms with E-state index in [-0.39, 0.29) is 11.7 Å². The van der Waals surface area contributed by atoms with Crippen molar-refractivity contribution in [1.82, 2.24) is 9.55 Å². The number of aliphatic hydroxyl groups excluding tert-OH is 1. The molecule has 2 N–H and O–H groups in total. The number of nitrogens with one attached hydrogen (secondary N) is 1. The molecule has 1 fully saturated rings. The molecule has 0 aromatic carbocycles. The minimum Gasteiger partial charge on any atom is -0.452 e. The summed E-state index contributed by atoms with van der Waals surface area (Å²) in [6, 6.07) is 1.35. The van der Waals surface area contributed by atoms with Gasteiger partial charge in [0.05, 0.1) is 12.5 Å². The maximum Gasteiger partial charge on any atom is 0.351 e. The number of aliphatic hydroxyl groups is 1. The first kappa shape index (κ1) is 22.4. The Morgan fingerprint density at radius 2 is 1.84 bits per heavy atom. The summed E-state index contributed by atoms with van der Waals surface area (Å²) in [7, 11) is 0. The number of hydrogen-bond acceptors (Lipinski definition) is 11. The Labute approximate surface area is 176 Å². The number of carbonyl (C=O) groups is 3. The van der Waals surface area contributed by atoms with Gasteiger partial charge in [-0.3, -0.25) is 4.57 Å². The van der Waals surface area contributed by atoms with Crippen LogP contribution in [-0.4, -0.2) is 57.5 Å². The topological polar surface area (TPSA) is 155 Å². The fourth-order valence-electron chi connectivity index (χ4n) is 3.30. The number of anilines is 1. The van der Waals surface area contributed by atoms with E-state index in [0.29, 0.717) is 12.8 Å². The third-order valence-corrected chi connectivity index (χ3v) is 5.00. The molecule has 0 radical (unpaired) electrons. The molecule has 168 valence electrons. The van der Waals surface area contributed by atoms with E-state index in [2.05, 4.69) is 10.5 Å². The number of hydrogen-bond donors (Lipinski definition) is 2. The lowest BCUT2D eigenvalue weighted by Crippen LogP contribution is -2.42. The quantitative estimate of drug-likeness (QED) is 0.332. The van der Waals surface area contributed by atoms with Crippen molar-refractivity contribution in [3.8, 4) is 0 Å². The van der Waals surface area contributed by atoms with Gasteiger partial charge in [0.25, 0.3) is 0 Å². The van der Waals surface area contributed by atoms with E-state index in [4.69, 9.17) is 19.0 Å². The second kappa shape index (κ2) is 9.71. The van der Waals surface area contributed by atoms with Gasteiger partial charge in [0.15, 0.2) is 24.3 Å². The fourth-order valence-corrected chi connectivity index (χ4v) is 3.30. The highest BCUT2D eigenvalue weighted by Crippen LogP contribution is 2.34. The highest BCUT2D eigenvalue weighted by Gasteiger charge is 2.50. The molecule has 0 saturated carbocycles. The zero-order valence-electron chi connectivity index (χ0n) is 16.9. The van der Waals surface area contributed by atoms with Gasteiger partial charge in [-0.25, -0.2) is 24.7 Å². The fraction of sp³-hybridized carbons (Fsp3) is 0.526. The highest BCUT2D eigenvalue weighted by molar-refractivity contribution is 5.92. The predicted octanol–water partition coefficient (Wildman–Crippen LogP) is -0.167. The lowest BCUT2D eigenvalue weighted by Gasteiger charge is -2.24. The second-order valence-electron chi connectivity index (χ2n) is 6.92.